The summed E-state index contributed by atoms with van der Waals surface area (Å²) < 4.78 is 22.9. The van der Waals surface area contributed by atoms with Crippen LogP contribution in [0.15, 0.2) is 0 Å². The summed E-state index contributed by atoms with van der Waals surface area (Å²) >= 11 is 1.37. The Morgan fingerprint density at radius 3 is 2.74 bits per heavy atom. The van der Waals surface area contributed by atoms with Crippen molar-refractivity contribution >= 4 is 33.6 Å². The minimum atomic E-state index is -3.09. The topological polar surface area (TPSA) is 104 Å². The first-order chi connectivity index (χ1) is 8.89. The average molecular weight is 308 g/mol. The Kier molecular flexibility index (Phi) is 4.24. The zero-order chi connectivity index (χ0) is 14.0. The normalized spacial score (nSPS) is 30.0. The zero-order valence-electron chi connectivity index (χ0n) is 10.2. The minimum Gasteiger partial charge on any atom is -0.480 e. The quantitative estimate of drug-likeness (QED) is 0.728. The Morgan fingerprint density at radius 1 is 1.37 bits per heavy atom. The summed E-state index contributed by atoms with van der Waals surface area (Å²) in [4.78, 5) is 24.2. The molecule has 0 aromatic heterocycles. The number of thioether (sulfide) groups is 1. The summed E-state index contributed by atoms with van der Waals surface area (Å²) in [5, 5.41) is 11.6. The number of carboxylic acids is 1. The number of aliphatic carboxylic acids is 1. The molecule has 0 saturated carbocycles. The van der Waals surface area contributed by atoms with E-state index in [0.717, 1.165) is 0 Å². The van der Waals surface area contributed by atoms with E-state index in [1.165, 1.54) is 16.7 Å². The van der Waals surface area contributed by atoms with Gasteiger partial charge in [-0.1, -0.05) is 0 Å². The van der Waals surface area contributed by atoms with E-state index in [0.29, 0.717) is 24.5 Å². The van der Waals surface area contributed by atoms with Gasteiger partial charge in [0.25, 0.3) is 0 Å². The monoisotopic (exact) mass is 308 g/mol. The number of carbonyl (C=O) groups is 2. The molecular weight excluding hydrogens is 292 g/mol. The fraction of sp³-hybridized carbons (Fsp3) is 0.800. The SMILES string of the molecule is O=C(O)C1CSCN1C(=O)NC1CCCS(=O)(=O)C1. The maximum atomic E-state index is 12.0. The average Bonchev–Trinajstić information content (AvgIpc) is 2.76. The maximum Gasteiger partial charge on any atom is 0.327 e. The van der Waals surface area contributed by atoms with Crippen LogP contribution >= 0.6 is 11.8 Å². The smallest absolute Gasteiger partial charge is 0.327 e. The van der Waals surface area contributed by atoms with Gasteiger partial charge >= 0.3 is 12.0 Å². The highest BCUT2D eigenvalue weighted by Gasteiger charge is 2.36. The van der Waals surface area contributed by atoms with Crippen molar-refractivity contribution in [2.75, 3.05) is 23.1 Å². The molecule has 0 aromatic rings. The van der Waals surface area contributed by atoms with E-state index in [1.807, 2.05) is 0 Å². The maximum absolute atomic E-state index is 12.0. The third-order valence-corrected chi connectivity index (χ3v) is 6.05. The predicted molar refractivity (Wildman–Crippen MR) is 70.8 cm³/mol. The van der Waals surface area contributed by atoms with E-state index in [9.17, 15) is 18.0 Å². The van der Waals surface area contributed by atoms with Gasteiger partial charge in [-0.3, -0.25) is 0 Å². The molecule has 2 rings (SSSR count). The van der Waals surface area contributed by atoms with E-state index in [-0.39, 0.29) is 11.5 Å². The van der Waals surface area contributed by atoms with E-state index in [4.69, 9.17) is 5.11 Å². The molecule has 19 heavy (non-hydrogen) atoms. The van der Waals surface area contributed by atoms with E-state index in [1.54, 1.807) is 0 Å². The Balaban J connectivity index is 1.95. The molecule has 2 amide bonds. The Hall–Kier alpha value is -0.960. The molecule has 2 fully saturated rings. The van der Waals surface area contributed by atoms with Crippen LogP contribution in [0.4, 0.5) is 4.79 Å². The molecular formula is C10H16N2O5S2. The van der Waals surface area contributed by atoms with Crippen molar-refractivity contribution in [3.05, 3.63) is 0 Å². The fourth-order valence-electron chi connectivity index (χ4n) is 2.24. The molecule has 2 aliphatic rings. The molecule has 7 nitrogen and oxygen atoms in total. The highest BCUT2D eigenvalue weighted by atomic mass is 32.2. The zero-order valence-corrected chi connectivity index (χ0v) is 11.9. The van der Waals surface area contributed by atoms with Crippen LogP contribution in [-0.2, 0) is 14.6 Å². The molecule has 108 valence electrons. The third-order valence-electron chi connectivity index (χ3n) is 3.22. The van der Waals surface area contributed by atoms with Crippen LogP contribution in [0.2, 0.25) is 0 Å². The Bertz CT molecular complexity index is 478. The first-order valence-electron chi connectivity index (χ1n) is 5.97. The van der Waals surface area contributed by atoms with Gasteiger partial charge in [0.05, 0.1) is 17.4 Å². The van der Waals surface area contributed by atoms with Gasteiger partial charge < -0.3 is 15.3 Å². The van der Waals surface area contributed by atoms with Crippen LogP contribution in [0.3, 0.4) is 0 Å². The summed E-state index contributed by atoms with van der Waals surface area (Å²) in [6.45, 7) is 0. The minimum absolute atomic E-state index is 0.0581. The number of sulfone groups is 1. The number of rotatable bonds is 2. The van der Waals surface area contributed by atoms with Gasteiger partial charge in [0, 0.05) is 11.8 Å². The third kappa shape index (κ3) is 3.53. The molecule has 2 unspecified atom stereocenters. The van der Waals surface area contributed by atoms with Crippen molar-refractivity contribution in [2.45, 2.75) is 24.9 Å². The summed E-state index contributed by atoms with van der Waals surface area (Å²) in [5.74, 6) is -0.237. The summed E-state index contributed by atoms with van der Waals surface area (Å²) in [6, 6.07) is -1.73. The Labute approximate surface area is 115 Å². The van der Waals surface area contributed by atoms with Gasteiger partial charge in [0.15, 0.2) is 9.84 Å². The van der Waals surface area contributed by atoms with Crippen molar-refractivity contribution in [2.24, 2.45) is 0 Å². The number of hydrogen-bond acceptors (Lipinski definition) is 5. The highest BCUT2D eigenvalue weighted by molar-refractivity contribution is 7.99. The number of nitrogens with one attached hydrogen (secondary N) is 1. The van der Waals surface area contributed by atoms with Gasteiger partial charge in [0.1, 0.15) is 6.04 Å². The number of hydrogen-bond donors (Lipinski definition) is 2. The van der Waals surface area contributed by atoms with Crippen molar-refractivity contribution in [1.29, 1.82) is 0 Å². The summed E-state index contributed by atoms with van der Waals surface area (Å²) in [7, 11) is -3.09. The van der Waals surface area contributed by atoms with Crippen LogP contribution < -0.4 is 5.32 Å². The van der Waals surface area contributed by atoms with Crippen molar-refractivity contribution < 1.29 is 23.1 Å². The molecule has 0 bridgehead atoms. The Morgan fingerprint density at radius 2 is 2.11 bits per heavy atom. The second kappa shape index (κ2) is 5.58. The molecule has 2 aliphatic heterocycles. The first kappa shape index (κ1) is 14.4. The molecule has 0 aromatic carbocycles. The number of urea groups is 1. The van der Waals surface area contributed by atoms with Gasteiger partial charge in [-0.25, -0.2) is 18.0 Å². The lowest BCUT2D eigenvalue weighted by molar-refractivity contribution is -0.140. The lowest BCUT2D eigenvalue weighted by Crippen LogP contribution is -2.52. The van der Waals surface area contributed by atoms with Crippen molar-refractivity contribution in [3.63, 3.8) is 0 Å². The second-order valence-electron chi connectivity index (χ2n) is 4.73. The van der Waals surface area contributed by atoms with Crippen LogP contribution in [-0.4, -0.2) is 65.6 Å². The fourth-order valence-corrected chi connectivity index (χ4v) is 5.02. The first-order valence-corrected chi connectivity index (χ1v) is 8.95. The molecule has 9 heteroatoms. The lowest BCUT2D eigenvalue weighted by Gasteiger charge is -2.27. The number of carbonyl (C=O) groups excluding carboxylic acids is 1. The van der Waals surface area contributed by atoms with E-state index >= 15 is 0 Å². The van der Waals surface area contributed by atoms with Gasteiger partial charge in [-0.15, -0.1) is 11.8 Å². The van der Waals surface area contributed by atoms with Crippen molar-refractivity contribution in [3.8, 4) is 0 Å². The highest BCUT2D eigenvalue weighted by Crippen LogP contribution is 2.21. The molecule has 0 spiro atoms. The van der Waals surface area contributed by atoms with Crippen molar-refractivity contribution in [1.82, 2.24) is 10.2 Å². The standard InChI is InChI=1S/C10H16N2O5S2/c13-9(14)8-4-18-6-12(8)10(15)11-7-2-1-3-19(16,17)5-7/h7-8H,1-6H2,(H,11,15)(H,13,14). The number of amides is 2. The van der Waals surface area contributed by atoms with Gasteiger partial charge in [-0.2, -0.15) is 0 Å². The molecule has 2 saturated heterocycles. The second-order valence-corrected chi connectivity index (χ2v) is 7.96. The van der Waals surface area contributed by atoms with E-state index in [2.05, 4.69) is 5.32 Å². The largest absolute Gasteiger partial charge is 0.480 e. The molecule has 0 radical (unpaired) electrons. The number of nitrogens with zero attached hydrogens (tertiary/aromatic N) is 1. The summed E-state index contributed by atoms with van der Waals surface area (Å²) in [5.41, 5.74) is 0. The molecule has 2 heterocycles. The van der Waals surface area contributed by atoms with Crippen LogP contribution in [0.1, 0.15) is 12.8 Å². The molecule has 2 N–H and O–H groups in total. The van der Waals surface area contributed by atoms with Crippen LogP contribution in [0, 0.1) is 0 Å². The van der Waals surface area contributed by atoms with Crippen LogP contribution in [0.5, 0.6) is 0 Å². The van der Waals surface area contributed by atoms with Gasteiger partial charge in [-0.05, 0) is 12.8 Å². The predicted octanol–water partition coefficient (Wildman–Crippen LogP) is -0.267. The molecule has 0 aliphatic carbocycles. The van der Waals surface area contributed by atoms with Crippen LogP contribution in [0.25, 0.3) is 0 Å². The van der Waals surface area contributed by atoms with Gasteiger partial charge in [0.2, 0.25) is 0 Å². The van der Waals surface area contributed by atoms with E-state index < -0.39 is 33.9 Å². The molecule has 2 atom stereocenters. The summed E-state index contributed by atoms with van der Waals surface area (Å²) in [6.07, 6.45) is 1.15. The lowest BCUT2D eigenvalue weighted by atomic mass is 10.2. The number of carboxylic acid groups (broad SMARTS) is 1.